The molecule has 0 radical (unpaired) electrons. The van der Waals surface area contributed by atoms with Gasteiger partial charge in [0.1, 0.15) is 0 Å². The van der Waals surface area contributed by atoms with E-state index < -0.39 is 0 Å². The number of thiazole rings is 1. The van der Waals surface area contributed by atoms with Gasteiger partial charge in [0.25, 0.3) is 5.56 Å². The Labute approximate surface area is 202 Å². The molecule has 0 atom stereocenters. The molecule has 1 amide bonds. The summed E-state index contributed by atoms with van der Waals surface area (Å²) in [6.07, 6.45) is 0.0930. The van der Waals surface area contributed by atoms with Crippen LogP contribution in [-0.4, -0.2) is 51.8 Å². The van der Waals surface area contributed by atoms with E-state index in [1.165, 1.54) is 27.3 Å². The van der Waals surface area contributed by atoms with Gasteiger partial charge in [-0.1, -0.05) is 48.0 Å². The van der Waals surface area contributed by atoms with Gasteiger partial charge in [-0.25, -0.2) is 4.98 Å². The molecule has 2 aromatic heterocycles. The molecule has 1 N–H and O–H groups in total. The summed E-state index contributed by atoms with van der Waals surface area (Å²) < 4.78 is 1.45. The third-order valence-electron chi connectivity index (χ3n) is 6.31. The largest absolute Gasteiger partial charge is 0.368 e. The molecule has 1 saturated heterocycles. The highest BCUT2D eigenvalue weighted by atomic mass is 32.1. The molecule has 0 spiro atoms. The Morgan fingerprint density at radius 3 is 2.41 bits per heavy atom. The minimum Gasteiger partial charge on any atom is -0.368 e. The van der Waals surface area contributed by atoms with Crippen molar-refractivity contribution in [1.82, 2.24) is 19.7 Å². The van der Waals surface area contributed by atoms with Crippen LogP contribution in [0.5, 0.6) is 0 Å². The number of nitrogens with one attached hydrogen (secondary N) is 1. The maximum atomic E-state index is 13.2. The zero-order valence-electron chi connectivity index (χ0n) is 19.3. The summed E-state index contributed by atoms with van der Waals surface area (Å²) in [6.45, 7) is 6.75. The van der Waals surface area contributed by atoms with Gasteiger partial charge < -0.3 is 9.80 Å². The molecular weight excluding hydrogens is 446 g/mol. The summed E-state index contributed by atoms with van der Waals surface area (Å²) in [7, 11) is 0. The Kier molecular flexibility index (Phi) is 6.06. The van der Waals surface area contributed by atoms with Crippen LogP contribution in [0.3, 0.4) is 0 Å². The number of aromatic amines is 1. The number of hydrogen-bond acceptors (Lipinski definition) is 5. The van der Waals surface area contributed by atoms with Gasteiger partial charge in [0.15, 0.2) is 0 Å². The standard InChI is InChI=1S/C26H27N5O2S/c1-18-8-10-20(11-9-18)23-17-34-26(27-23)31-25(33)22(19(2)28-31)16-24(32)30-14-12-29(13-15-30)21-6-4-3-5-7-21/h3-11,17,28H,12-16H2,1-2H3. The number of hydrogen-bond donors (Lipinski definition) is 1. The molecule has 1 fully saturated rings. The molecule has 1 aliphatic heterocycles. The second kappa shape index (κ2) is 9.30. The van der Waals surface area contributed by atoms with Crippen molar-refractivity contribution in [2.24, 2.45) is 0 Å². The quantitative estimate of drug-likeness (QED) is 0.479. The number of amides is 1. The number of aryl methyl sites for hydroxylation is 2. The number of carbonyl (C=O) groups excluding carboxylic acids is 1. The Balaban J connectivity index is 1.28. The lowest BCUT2D eigenvalue weighted by Gasteiger charge is -2.36. The fourth-order valence-electron chi connectivity index (χ4n) is 4.26. The predicted octanol–water partition coefficient (Wildman–Crippen LogP) is 3.80. The molecule has 1 aliphatic rings. The molecule has 0 unspecified atom stereocenters. The third-order valence-corrected chi connectivity index (χ3v) is 7.13. The van der Waals surface area contributed by atoms with Gasteiger partial charge in [0.05, 0.1) is 12.1 Å². The molecule has 8 heteroatoms. The number of benzene rings is 2. The smallest absolute Gasteiger partial charge is 0.277 e. The minimum atomic E-state index is -0.210. The fourth-order valence-corrected chi connectivity index (χ4v) is 5.05. The topological polar surface area (TPSA) is 74.2 Å². The van der Waals surface area contributed by atoms with Crippen LogP contribution in [0.1, 0.15) is 16.8 Å². The lowest BCUT2D eigenvalue weighted by atomic mass is 10.1. The third kappa shape index (κ3) is 4.41. The van der Waals surface area contributed by atoms with Gasteiger partial charge in [-0.2, -0.15) is 4.68 Å². The van der Waals surface area contributed by atoms with E-state index in [2.05, 4.69) is 27.1 Å². The Morgan fingerprint density at radius 2 is 1.71 bits per heavy atom. The molecule has 3 heterocycles. The van der Waals surface area contributed by atoms with E-state index >= 15 is 0 Å². The number of H-pyrrole nitrogens is 1. The van der Waals surface area contributed by atoms with Crippen LogP contribution in [0, 0.1) is 13.8 Å². The number of anilines is 1. The first-order valence-corrected chi connectivity index (χ1v) is 12.3. The SMILES string of the molecule is Cc1ccc(-c2csc(-n3[nH]c(C)c(CC(=O)N4CCN(c5ccccc5)CC4)c3=O)n2)cc1. The van der Waals surface area contributed by atoms with Crippen molar-refractivity contribution >= 4 is 22.9 Å². The van der Waals surface area contributed by atoms with E-state index in [-0.39, 0.29) is 17.9 Å². The zero-order valence-corrected chi connectivity index (χ0v) is 20.1. The highest BCUT2D eigenvalue weighted by molar-refractivity contribution is 7.12. The van der Waals surface area contributed by atoms with Crippen LogP contribution in [0.15, 0.2) is 64.8 Å². The maximum Gasteiger partial charge on any atom is 0.277 e. The summed E-state index contributed by atoms with van der Waals surface area (Å²) in [4.78, 5) is 35.0. The zero-order chi connectivity index (χ0) is 23.7. The molecule has 7 nitrogen and oxygen atoms in total. The van der Waals surface area contributed by atoms with Crippen LogP contribution in [0.4, 0.5) is 5.69 Å². The fraction of sp³-hybridized carbons (Fsp3) is 0.269. The summed E-state index contributed by atoms with van der Waals surface area (Å²) in [5.41, 5.74) is 5.19. The van der Waals surface area contributed by atoms with Crippen molar-refractivity contribution in [2.45, 2.75) is 20.3 Å². The van der Waals surface area contributed by atoms with Crippen molar-refractivity contribution in [3.05, 3.63) is 87.2 Å². The summed E-state index contributed by atoms with van der Waals surface area (Å²) >= 11 is 1.40. The Morgan fingerprint density at radius 1 is 1.00 bits per heavy atom. The van der Waals surface area contributed by atoms with Crippen LogP contribution < -0.4 is 10.5 Å². The van der Waals surface area contributed by atoms with Gasteiger partial charge in [-0.05, 0) is 26.0 Å². The average Bonchev–Trinajstić information content (AvgIpc) is 3.46. The van der Waals surface area contributed by atoms with Crippen molar-refractivity contribution < 1.29 is 4.79 Å². The summed E-state index contributed by atoms with van der Waals surface area (Å²) in [5, 5.41) is 5.63. The number of para-hydroxylation sites is 1. The number of nitrogens with zero attached hydrogens (tertiary/aromatic N) is 4. The first kappa shape index (κ1) is 22.2. The Bertz CT molecular complexity index is 1350. The number of piperazine rings is 1. The lowest BCUT2D eigenvalue weighted by Crippen LogP contribution is -2.49. The van der Waals surface area contributed by atoms with Crippen LogP contribution in [0.2, 0.25) is 0 Å². The monoisotopic (exact) mass is 473 g/mol. The van der Waals surface area contributed by atoms with Gasteiger partial charge in [0.2, 0.25) is 11.0 Å². The van der Waals surface area contributed by atoms with Crippen molar-refractivity contribution in [3.63, 3.8) is 0 Å². The molecular formula is C26H27N5O2S. The molecule has 2 aromatic carbocycles. The molecule has 4 aromatic rings. The van der Waals surface area contributed by atoms with Crippen LogP contribution in [-0.2, 0) is 11.2 Å². The second-order valence-corrected chi connectivity index (χ2v) is 9.45. The van der Waals surface area contributed by atoms with Crippen molar-refractivity contribution in [3.8, 4) is 16.4 Å². The van der Waals surface area contributed by atoms with Gasteiger partial charge in [-0.3, -0.25) is 14.7 Å². The molecule has 174 valence electrons. The predicted molar refractivity (Wildman–Crippen MR) is 136 cm³/mol. The molecule has 0 aliphatic carbocycles. The lowest BCUT2D eigenvalue weighted by molar-refractivity contribution is -0.130. The normalized spacial score (nSPS) is 13.9. The van der Waals surface area contributed by atoms with Crippen molar-refractivity contribution in [2.75, 3.05) is 31.1 Å². The van der Waals surface area contributed by atoms with Gasteiger partial charge in [0, 0.05) is 54.1 Å². The average molecular weight is 474 g/mol. The first-order chi connectivity index (χ1) is 16.5. The van der Waals surface area contributed by atoms with Crippen LogP contribution in [0.25, 0.3) is 16.4 Å². The first-order valence-electron chi connectivity index (χ1n) is 11.4. The number of carbonyl (C=O) groups is 1. The van der Waals surface area contributed by atoms with E-state index in [0.717, 1.165) is 24.3 Å². The number of rotatable bonds is 5. The highest BCUT2D eigenvalue weighted by Crippen LogP contribution is 2.24. The Hall–Kier alpha value is -3.65. The molecule has 0 saturated carbocycles. The summed E-state index contributed by atoms with van der Waals surface area (Å²) in [5.74, 6) is -0.0152. The molecule has 5 rings (SSSR count). The van der Waals surface area contributed by atoms with E-state index in [9.17, 15) is 9.59 Å². The van der Waals surface area contributed by atoms with E-state index in [0.29, 0.717) is 29.5 Å². The molecule has 0 bridgehead atoms. The highest BCUT2D eigenvalue weighted by Gasteiger charge is 2.24. The maximum absolute atomic E-state index is 13.2. The van der Waals surface area contributed by atoms with Crippen LogP contribution >= 0.6 is 11.3 Å². The van der Waals surface area contributed by atoms with Gasteiger partial charge >= 0.3 is 0 Å². The molecule has 34 heavy (non-hydrogen) atoms. The second-order valence-electron chi connectivity index (χ2n) is 8.62. The van der Waals surface area contributed by atoms with E-state index in [1.54, 1.807) is 0 Å². The van der Waals surface area contributed by atoms with E-state index in [4.69, 9.17) is 0 Å². The van der Waals surface area contributed by atoms with E-state index in [1.807, 2.05) is 66.6 Å². The summed E-state index contributed by atoms with van der Waals surface area (Å²) in [6, 6.07) is 18.4. The van der Waals surface area contributed by atoms with Crippen molar-refractivity contribution in [1.29, 1.82) is 0 Å². The minimum absolute atomic E-state index is 0.0152. The number of aromatic nitrogens is 3. The van der Waals surface area contributed by atoms with Gasteiger partial charge in [-0.15, -0.1) is 11.3 Å².